The molecule has 4 nitrogen and oxygen atoms in total. The summed E-state index contributed by atoms with van der Waals surface area (Å²) in [6.45, 7) is 6.85. The zero-order valence-corrected chi connectivity index (χ0v) is 30.4. The highest BCUT2D eigenvalue weighted by atomic mass is 32.1. The van der Waals surface area contributed by atoms with Crippen molar-refractivity contribution in [1.82, 2.24) is 15.0 Å². The smallest absolute Gasteiger partial charge is 0.164 e. The molecule has 0 saturated carbocycles. The molecular weight excluding hydrogens is 671 g/mol. The predicted octanol–water partition coefficient (Wildman–Crippen LogP) is 12.5. The molecule has 0 N–H and O–H groups in total. The standard InChI is InChI=1S/C46H33N3OSSi/c1-52(2,3)31-24-21-29(22-25-31)44-47-45(49-46(48-44)37-18-8-12-28-11-4-5-13-32(28)37)30-23-26-38-40(27-30)50-39-19-10-15-34(42(38)39)36-17-9-16-35-33-14-6-7-20-41(33)51-43(35)36/h4-27H,1-3H3/i10D,15D,19D,23D,26D,27D. The van der Waals surface area contributed by atoms with Crippen molar-refractivity contribution >= 4 is 77.5 Å². The van der Waals surface area contributed by atoms with Gasteiger partial charge in [0.2, 0.25) is 0 Å². The summed E-state index contributed by atoms with van der Waals surface area (Å²) in [5.74, 6) is 0.748. The molecule has 10 rings (SSSR count). The van der Waals surface area contributed by atoms with E-state index in [4.69, 9.17) is 22.1 Å². The maximum Gasteiger partial charge on any atom is 0.164 e. The minimum absolute atomic E-state index is 0.0158. The zero-order valence-electron chi connectivity index (χ0n) is 34.6. The summed E-state index contributed by atoms with van der Waals surface area (Å²) >= 11 is 1.57. The Morgan fingerprint density at radius 3 is 2.10 bits per heavy atom. The lowest BCUT2D eigenvalue weighted by molar-refractivity contribution is 0.669. The zero-order chi connectivity index (χ0) is 40.2. The van der Waals surface area contributed by atoms with E-state index in [0.717, 1.165) is 42.1 Å². The van der Waals surface area contributed by atoms with Crippen LogP contribution in [0.15, 0.2) is 150 Å². The van der Waals surface area contributed by atoms with E-state index in [1.165, 1.54) is 5.19 Å². The van der Waals surface area contributed by atoms with Gasteiger partial charge in [0.05, 0.1) is 16.3 Å². The molecule has 0 aliphatic rings. The van der Waals surface area contributed by atoms with E-state index < -0.39 is 8.07 Å². The van der Waals surface area contributed by atoms with Gasteiger partial charge < -0.3 is 4.42 Å². The Morgan fingerprint density at radius 2 is 1.25 bits per heavy atom. The van der Waals surface area contributed by atoms with Crippen LogP contribution in [0.2, 0.25) is 19.6 Å². The Kier molecular flexibility index (Phi) is 5.69. The predicted molar refractivity (Wildman–Crippen MR) is 222 cm³/mol. The van der Waals surface area contributed by atoms with Gasteiger partial charge in [0.15, 0.2) is 17.5 Å². The van der Waals surface area contributed by atoms with Gasteiger partial charge in [-0.1, -0.05) is 146 Å². The van der Waals surface area contributed by atoms with E-state index in [0.29, 0.717) is 22.8 Å². The minimum Gasteiger partial charge on any atom is -0.456 e. The van der Waals surface area contributed by atoms with Crippen molar-refractivity contribution in [3.63, 3.8) is 0 Å². The van der Waals surface area contributed by atoms with Crippen molar-refractivity contribution in [2.75, 3.05) is 0 Å². The number of furan rings is 1. The fourth-order valence-electron chi connectivity index (χ4n) is 6.98. The Labute approximate surface area is 314 Å². The highest BCUT2D eigenvalue weighted by Gasteiger charge is 2.20. The molecule has 3 heterocycles. The van der Waals surface area contributed by atoms with Crippen LogP contribution in [0.1, 0.15) is 8.22 Å². The quantitative estimate of drug-likeness (QED) is 0.167. The second-order valence-corrected chi connectivity index (χ2v) is 20.1. The summed E-state index contributed by atoms with van der Waals surface area (Å²) in [5, 5.41) is 5.65. The van der Waals surface area contributed by atoms with Gasteiger partial charge >= 0.3 is 0 Å². The number of benzene rings is 7. The highest BCUT2D eigenvalue weighted by Crippen LogP contribution is 2.44. The normalized spacial score (nSPS) is 13.8. The van der Waals surface area contributed by atoms with Crippen molar-refractivity contribution in [3.05, 3.63) is 145 Å². The average Bonchev–Trinajstić information content (AvgIpc) is 3.82. The van der Waals surface area contributed by atoms with Crippen LogP contribution in [0.25, 0.3) is 98.2 Å². The molecule has 0 radical (unpaired) electrons. The SMILES string of the molecule is [2H]c1c([2H])c(-c2cccc3c2sc2ccccc23)c2c(oc3c([2H])c(-c4nc(-c5ccc([Si](C)(C)C)cc5)nc(-c5cccc6ccccc56)n4)c([2H])c([2H])c32)c1[2H]. The van der Waals surface area contributed by atoms with E-state index in [2.05, 4.69) is 31.8 Å². The summed E-state index contributed by atoms with van der Waals surface area (Å²) in [6.07, 6.45) is 0. The Hall–Kier alpha value is -5.95. The molecule has 6 heteroatoms. The summed E-state index contributed by atoms with van der Waals surface area (Å²) < 4.78 is 64.0. The van der Waals surface area contributed by atoms with Crippen molar-refractivity contribution in [2.24, 2.45) is 0 Å². The second kappa shape index (κ2) is 11.8. The lowest BCUT2D eigenvalue weighted by Gasteiger charge is -2.16. The number of aromatic nitrogens is 3. The first-order chi connectivity index (χ1) is 27.9. The van der Waals surface area contributed by atoms with Gasteiger partial charge in [-0.25, -0.2) is 15.0 Å². The molecule has 0 saturated heterocycles. The lowest BCUT2D eigenvalue weighted by Crippen LogP contribution is -2.37. The molecule has 0 amide bonds. The van der Waals surface area contributed by atoms with E-state index in [1.807, 2.05) is 97.1 Å². The molecule has 52 heavy (non-hydrogen) atoms. The van der Waals surface area contributed by atoms with Crippen LogP contribution < -0.4 is 5.19 Å². The summed E-state index contributed by atoms with van der Waals surface area (Å²) in [5.41, 5.74) is 2.41. The highest BCUT2D eigenvalue weighted by molar-refractivity contribution is 7.26. The van der Waals surface area contributed by atoms with Crippen LogP contribution in [-0.4, -0.2) is 23.0 Å². The monoisotopic (exact) mass is 709 g/mol. The summed E-state index contributed by atoms with van der Waals surface area (Å²) in [4.78, 5) is 14.8. The van der Waals surface area contributed by atoms with E-state index in [9.17, 15) is 5.48 Å². The van der Waals surface area contributed by atoms with Gasteiger partial charge in [-0.15, -0.1) is 11.3 Å². The van der Waals surface area contributed by atoms with E-state index >= 15 is 0 Å². The van der Waals surface area contributed by atoms with Crippen molar-refractivity contribution < 1.29 is 12.6 Å². The van der Waals surface area contributed by atoms with E-state index in [1.54, 1.807) is 11.3 Å². The maximum absolute atomic E-state index is 9.64. The van der Waals surface area contributed by atoms with Crippen LogP contribution in [0.3, 0.4) is 0 Å². The third kappa shape index (κ3) is 5.06. The molecule has 0 bridgehead atoms. The number of hydrogen-bond donors (Lipinski definition) is 0. The van der Waals surface area contributed by atoms with Crippen LogP contribution in [0.5, 0.6) is 0 Å². The average molecular weight is 710 g/mol. The third-order valence-electron chi connectivity index (χ3n) is 9.65. The van der Waals surface area contributed by atoms with Crippen LogP contribution >= 0.6 is 11.3 Å². The molecule has 0 aliphatic heterocycles. The number of hydrogen-bond acceptors (Lipinski definition) is 5. The maximum atomic E-state index is 9.64. The van der Waals surface area contributed by atoms with Gasteiger partial charge in [-0.05, 0) is 40.5 Å². The minimum atomic E-state index is -1.61. The van der Waals surface area contributed by atoms with Gasteiger partial charge in [0, 0.05) is 53.2 Å². The first-order valence-electron chi connectivity index (χ1n) is 20.1. The van der Waals surface area contributed by atoms with Gasteiger partial charge in [-0.2, -0.15) is 0 Å². The lowest BCUT2D eigenvalue weighted by atomic mass is 9.97. The Bertz CT molecular complexity index is 3350. The van der Waals surface area contributed by atoms with Gasteiger partial charge in [0.25, 0.3) is 0 Å². The molecule has 3 aromatic heterocycles. The molecule has 0 aliphatic carbocycles. The number of nitrogens with zero attached hydrogens (tertiary/aromatic N) is 3. The van der Waals surface area contributed by atoms with Crippen molar-refractivity contribution in [2.45, 2.75) is 19.6 Å². The summed E-state index contributed by atoms with van der Waals surface area (Å²) in [6, 6.07) is 34.3. The molecule has 0 fully saturated rings. The van der Waals surface area contributed by atoms with E-state index in [-0.39, 0.29) is 69.6 Å². The number of rotatable bonds is 5. The van der Waals surface area contributed by atoms with Crippen molar-refractivity contribution in [3.8, 4) is 45.3 Å². The Morgan fingerprint density at radius 1 is 0.558 bits per heavy atom. The topological polar surface area (TPSA) is 51.8 Å². The largest absolute Gasteiger partial charge is 0.456 e. The van der Waals surface area contributed by atoms with Crippen LogP contribution in [-0.2, 0) is 0 Å². The molecule has 248 valence electrons. The van der Waals surface area contributed by atoms with Crippen LogP contribution in [0, 0.1) is 0 Å². The fraction of sp³-hybridized carbons (Fsp3) is 0.0652. The number of fused-ring (bicyclic) bond motifs is 7. The second-order valence-electron chi connectivity index (χ2n) is 14.0. The number of thiophene rings is 1. The molecule has 0 unspecified atom stereocenters. The van der Waals surface area contributed by atoms with Crippen molar-refractivity contribution in [1.29, 1.82) is 0 Å². The fourth-order valence-corrected chi connectivity index (χ4v) is 9.37. The van der Waals surface area contributed by atoms with Gasteiger partial charge in [-0.3, -0.25) is 0 Å². The summed E-state index contributed by atoms with van der Waals surface area (Å²) in [7, 11) is -1.61. The third-order valence-corrected chi connectivity index (χ3v) is 12.9. The molecular formula is C46H33N3OSSi. The first-order valence-corrected chi connectivity index (χ1v) is 21.4. The molecule has 0 atom stereocenters. The first kappa shape index (κ1) is 25.1. The van der Waals surface area contributed by atoms with Gasteiger partial charge in [0.1, 0.15) is 11.2 Å². The molecule has 7 aromatic carbocycles. The molecule has 0 spiro atoms. The molecule has 10 aromatic rings. The van der Waals surface area contributed by atoms with Crippen LogP contribution in [0.4, 0.5) is 0 Å². The Balaban J connectivity index is 1.26.